The van der Waals surface area contributed by atoms with Crippen LogP contribution in [0.15, 0.2) is 109 Å². The molecule has 19 nitrogen and oxygen atoms in total. The van der Waals surface area contributed by atoms with E-state index in [9.17, 15) is 26.3 Å². The van der Waals surface area contributed by atoms with Crippen molar-refractivity contribution in [2.45, 2.75) is 110 Å². The lowest BCUT2D eigenvalue weighted by molar-refractivity contribution is 0.161. The third-order valence-electron chi connectivity index (χ3n) is 18.4. The Labute approximate surface area is 607 Å². The molecule has 0 aromatic heterocycles. The van der Waals surface area contributed by atoms with Gasteiger partial charge in [0.05, 0.1) is 87.2 Å². The van der Waals surface area contributed by atoms with Gasteiger partial charge in [0.2, 0.25) is 17.5 Å². The molecule has 104 heavy (non-hydrogen) atoms. The van der Waals surface area contributed by atoms with Crippen LogP contribution in [0.2, 0.25) is 0 Å². The zero-order valence-corrected chi connectivity index (χ0v) is 59.7. The molecular weight excluding hydrogens is 1340 g/mol. The number of halogens is 6. The Balaban J connectivity index is 0.000000219. The van der Waals surface area contributed by atoms with Crippen molar-refractivity contribution in [3.63, 3.8) is 0 Å². The van der Waals surface area contributed by atoms with Crippen molar-refractivity contribution >= 4 is 29.2 Å². The van der Waals surface area contributed by atoms with E-state index in [1.807, 2.05) is 0 Å². The highest BCUT2D eigenvalue weighted by atomic mass is 19.1. The number of nitrogens with one attached hydrogen (secondary N) is 4. The van der Waals surface area contributed by atoms with E-state index in [0.29, 0.717) is 105 Å². The third kappa shape index (κ3) is 27.9. The average molecular weight is 1440 g/mol. The van der Waals surface area contributed by atoms with Crippen molar-refractivity contribution in [1.29, 1.82) is 26.9 Å². The summed E-state index contributed by atoms with van der Waals surface area (Å²) in [4.78, 5) is 10.4. The van der Waals surface area contributed by atoms with Crippen LogP contribution in [0.1, 0.15) is 138 Å². The summed E-state index contributed by atoms with van der Waals surface area (Å²) < 4.78 is 127. The van der Waals surface area contributed by atoms with Gasteiger partial charge in [-0.1, -0.05) is 0 Å². The van der Waals surface area contributed by atoms with Gasteiger partial charge in [-0.3, -0.25) is 21.6 Å². The van der Waals surface area contributed by atoms with E-state index in [2.05, 4.69) is 19.5 Å². The Hall–Kier alpha value is -9.56. The van der Waals surface area contributed by atoms with E-state index in [-0.39, 0.29) is 57.0 Å². The summed E-state index contributed by atoms with van der Waals surface area (Å²) in [6.07, 6.45) is 15.4. The lowest BCUT2D eigenvalue weighted by Gasteiger charge is -2.32. The Kier molecular flexibility index (Phi) is 34.7. The molecule has 6 aromatic rings. The normalized spacial score (nSPS) is 14.4. The summed E-state index contributed by atoms with van der Waals surface area (Å²) in [7, 11) is 0. The van der Waals surface area contributed by atoms with Gasteiger partial charge < -0.3 is 64.1 Å². The maximum atomic E-state index is 14.2. The molecule has 0 unspecified atom stereocenters. The Morgan fingerprint density at radius 1 is 0.423 bits per heavy atom. The molecule has 0 bridgehead atoms. The number of likely N-dealkylation sites (tertiary alicyclic amines) is 3. The highest BCUT2D eigenvalue weighted by molar-refractivity contribution is 5.96. The minimum absolute atomic E-state index is 0.00920. The second-order valence-electron chi connectivity index (χ2n) is 25.8. The quantitative estimate of drug-likeness (QED) is 0.00703. The number of ether oxygens (including phenoxy) is 8. The van der Waals surface area contributed by atoms with Crippen LogP contribution in [0.3, 0.4) is 0 Å². The van der Waals surface area contributed by atoms with Gasteiger partial charge in [-0.05, 0) is 240 Å². The lowest BCUT2D eigenvalue weighted by atomic mass is 9.92. The molecule has 0 radical (unpaired) electrons. The summed E-state index contributed by atoms with van der Waals surface area (Å²) in [6.45, 7) is 23.3. The first-order valence-corrected chi connectivity index (χ1v) is 35.9. The molecule has 0 aliphatic carbocycles. The fourth-order valence-corrected chi connectivity index (χ4v) is 12.6. The zero-order chi connectivity index (χ0) is 74.6. The number of rotatable bonds is 36. The first-order chi connectivity index (χ1) is 50.3. The van der Waals surface area contributed by atoms with Crippen molar-refractivity contribution in [1.82, 2.24) is 14.7 Å². The highest BCUT2D eigenvalue weighted by Gasteiger charge is 2.23. The Morgan fingerprint density at radius 2 is 0.702 bits per heavy atom. The van der Waals surface area contributed by atoms with E-state index >= 15 is 0 Å². The number of hydrogen-bond acceptors (Lipinski definition) is 16. The zero-order valence-electron chi connectivity index (χ0n) is 59.7. The number of nitrogen functional groups attached to an aromatic ring is 2. The summed E-state index contributed by atoms with van der Waals surface area (Å²) in [6, 6.07) is 28.2. The van der Waals surface area contributed by atoms with E-state index in [4.69, 9.17) is 82.8 Å². The van der Waals surface area contributed by atoms with E-state index in [1.165, 1.54) is 72.8 Å². The van der Waals surface area contributed by atoms with Crippen LogP contribution < -0.4 is 39.9 Å². The molecule has 3 aliphatic heterocycles. The fraction of sp³-hybridized carbons (Fsp3) is 0.468. The van der Waals surface area contributed by atoms with Crippen LogP contribution in [0.5, 0.6) is 34.5 Å². The standard InChI is InChI=1S/C29H39F2N3O4.C25H33F2N5O2.C25H27F2N3O2/c1-3-35-28(32)24-10-8-22(19-26(24)30)37-17-5-7-21-12-15-34(16-13-21)14-6-18-38-23-9-11-25(27(31)20-23)29(33)36-4-2;26-22-15-18(4-6-20(22)24(28)29)33-13-1-3-17-8-11-32(12-9-17)10-2-14-34-19-5-7-21(25(30)31)23(27)16-19;1-29-25-8-7-22(17-24(25)27)32-15-3-11-30-12-9-19(10-13-30)4-2-14-31-21-6-5-20(18-28)23(26)16-21/h8-11,19-21,32-33H,3-7,12-18H2,1-2H3;4-7,15-17H,1-3,8-14H2,(H3,28,29)(H3,30,31);5-8,16-17,19H,2-4,9-15H2. The molecule has 560 valence electrons. The van der Waals surface area contributed by atoms with Crippen molar-refractivity contribution < 1.29 is 64.2 Å². The second kappa shape index (κ2) is 44.2. The number of benzene rings is 6. The van der Waals surface area contributed by atoms with Gasteiger partial charge in [0, 0.05) is 56.0 Å². The van der Waals surface area contributed by atoms with E-state index in [1.54, 1.807) is 56.3 Å². The number of nitrogens with two attached hydrogens (primary N) is 2. The van der Waals surface area contributed by atoms with Gasteiger partial charge in [-0.25, -0.2) is 31.2 Å². The van der Waals surface area contributed by atoms with Crippen molar-refractivity contribution in [2.24, 2.45) is 29.2 Å². The molecule has 0 amide bonds. The summed E-state index contributed by atoms with van der Waals surface area (Å²) in [5, 5.41) is 38.8. The van der Waals surface area contributed by atoms with Crippen LogP contribution in [0, 0.1) is 92.2 Å². The van der Waals surface area contributed by atoms with Crippen LogP contribution in [-0.4, -0.2) is 150 Å². The molecule has 25 heteroatoms. The second-order valence-corrected chi connectivity index (χ2v) is 25.8. The van der Waals surface area contributed by atoms with Crippen LogP contribution in [-0.2, 0) is 9.47 Å². The van der Waals surface area contributed by atoms with Gasteiger partial charge in [0.1, 0.15) is 87.1 Å². The molecule has 9 rings (SSSR count). The molecule has 3 heterocycles. The summed E-state index contributed by atoms with van der Waals surface area (Å²) in [5.74, 6) is 0.605. The molecule has 0 atom stereocenters. The van der Waals surface area contributed by atoms with E-state index < -0.39 is 34.9 Å². The molecule has 6 aromatic carbocycles. The maximum Gasteiger partial charge on any atom is 0.222 e. The summed E-state index contributed by atoms with van der Waals surface area (Å²) >= 11 is 0. The van der Waals surface area contributed by atoms with Gasteiger partial charge in [-0.15, -0.1) is 0 Å². The van der Waals surface area contributed by atoms with Crippen molar-refractivity contribution in [3.8, 4) is 40.6 Å². The minimum Gasteiger partial charge on any atom is -0.494 e. The topological polar surface area (TPSA) is 259 Å². The summed E-state index contributed by atoms with van der Waals surface area (Å²) in [5.41, 5.74) is 11.1. The highest BCUT2D eigenvalue weighted by Crippen LogP contribution is 2.29. The predicted octanol–water partition coefficient (Wildman–Crippen LogP) is 15.6. The van der Waals surface area contributed by atoms with Crippen molar-refractivity contribution in [3.05, 3.63) is 183 Å². The molecule has 3 fully saturated rings. The average Bonchev–Trinajstić information content (AvgIpc) is 0.867. The SMILES string of the molecule is CCOC(=N)c1ccc(OCCCC2CCN(CCCOc3ccc(C(=N)OCC)c(F)c3)CC2)cc1F.N=C(N)c1ccc(OCCCC2CCN(CCCOc3ccc(C(=N)N)c(F)c3)CC2)cc1F.[C-]#[N+]c1ccc(OCCCN2CCC(CCCOc3ccc(C#N)c(F)c3)CC2)cc1F. The molecule has 3 saturated heterocycles. The Morgan fingerprint density at radius 3 is 0.971 bits per heavy atom. The number of nitrogens with zero attached hydrogens (tertiary/aromatic N) is 5. The molecule has 3 aliphatic rings. The monoisotopic (exact) mass is 1440 g/mol. The molecular formula is C79H99F6N11O8. The van der Waals surface area contributed by atoms with Crippen molar-refractivity contribution in [2.75, 3.05) is 112 Å². The van der Waals surface area contributed by atoms with Gasteiger partial charge >= 0.3 is 0 Å². The largest absolute Gasteiger partial charge is 0.494 e. The van der Waals surface area contributed by atoms with Gasteiger partial charge in [0.25, 0.3) is 0 Å². The van der Waals surface area contributed by atoms with Gasteiger partial charge in [-0.2, -0.15) is 5.26 Å². The molecule has 8 N–H and O–H groups in total. The Bertz CT molecular complexity index is 3550. The third-order valence-corrected chi connectivity index (χ3v) is 18.4. The van der Waals surface area contributed by atoms with Crippen LogP contribution in [0.4, 0.5) is 32.0 Å². The number of amidine groups is 2. The maximum absolute atomic E-state index is 14.2. The minimum atomic E-state index is -0.548. The number of nitriles is 1. The number of piperidine rings is 3. The first kappa shape index (κ1) is 81.7. The van der Waals surface area contributed by atoms with E-state index in [0.717, 1.165) is 155 Å². The number of hydrogen-bond donors (Lipinski definition) is 6. The predicted molar refractivity (Wildman–Crippen MR) is 390 cm³/mol. The molecule has 0 saturated carbocycles. The van der Waals surface area contributed by atoms with Gasteiger partial charge in [0.15, 0.2) is 0 Å². The fourth-order valence-electron chi connectivity index (χ4n) is 12.6. The van der Waals surface area contributed by atoms with Crippen LogP contribution >= 0.6 is 0 Å². The smallest absolute Gasteiger partial charge is 0.222 e. The van der Waals surface area contributed by atoms with Crippen LogP contribution in [0.25, 0.3) is 4.85 Å². The first-order valence-electron chi connectivity index (χ1n) is 35.9. The molecule has 0 spiro atoms. The lowest BCUT2D eigenvalue weighted by Crippen LogP contribution is -2.35.